The van der Waals surface area contributed by atoms with Gasteiger partial charge in [0.05, 0.1) is 11.6 Å². The minimum absolute atomic E-state index is 0.169. The minimum Gasteiger partial charge on any atom is -0.389 e. The topological polar surface area (TPSA) is 50.9 Å². The molecule has 0 aliphatic rings. The number of aryl methyl sites for hydroxylation is 3. The maximum atomic E-state index is 5.82. The molecule has 2 rings (SSSR count). The van der Waals surface area contributed by atoms with Crippen LogP contribution in [0.2, 0.25) is 0 Å². The van der Waals surface area contributed by atoms with E-state index in [1.807, 2.05) is 24.3 Å². The first-order valence-corrected chi connectivity index (χ1v) is 7.71. The van der Waals surface area contributed by atoms with Crippen molar-refractivity contribution in [1.29, 1.82) is 0 Å². The fourth-order valence-electron chi connectivity index (χ4n) is 2.34. The van der Waals surface area contributed by atoms with Crippen LogP contribution in [-0.2, 0) is 0 Å². The molecule has 2 aromatic rings. The molecule has 0 saturated heterocycles. The Morgan fingerprint density at radius 2 is 2.10 bits per heavy atom. The van der Waals surface area contributed by atoms with E-state index in [1.165, 1.54) is 15.3 Å². The molecule has 0 fully saturated rings. The highest BCUT2D eigenvalue weighted by Gasteiger charge is 2.15. The number of nitrogens with zero attached hydrogens (tertiary/aromatic N) is 1. The van der Waals surface area contributed by atoms with Gasteiger partial charge >= 0.3 is 0 Å². The number of aromatic nitrogens is 1. The Kier molecular flexibility index (Phi) is 4.40. The van der Waals surface area contributed by atoms with E-state index in [0.717, 1.165) is 16.9 Å². The highest BCUT2D eigenvalue weighted by Crippen LogP contribution is 2.29. The van der Waals surface area contributed by atoms with Crippen molar-refractivity contribution in [1.82, 2.24) is 4.98 Å². The van der Waals surface area contributed by atoms with E-state index in [0.29, 0.717) is 4.99 Å². The highest BCUT2D eigenvalue weighted by atomic mass is 32.1. The van der Waals surface area contributed by atoms with Crippen LogP contribution in [0.4, 0.5) is 5.82 Å². The second-order valence-corrected chi connectivity index (χ2v) is 6.85. The van der Waals surface area contributed by atoms with Crippen molar-refractivity contribution >= 4 is 34.4 Å². The maximum Gasteiger partial charge on any atom is 0.136 e. The summed E-state index contributed by atoms with van der Waals surface area (Å²) < 4.78 is 0. The lowest BCUT2D eigenvalue weighted by Crippen LogP contribution is -2.17. The third-order valence-electron chi connectivity index (χ3n) is 3.30. The first-order chi connectivity index (χ1) is 9.40. The van der Waals surface area contributed by atoms with Gasteiger partial charge in [0.15, 0.2) is 0 Å². The molecule has 20 heavy (non-hydrogen) atoms. The van der Waals surface area contributed by atoms with Crippen molar-refractivity contribution in [2.75, 3.05) is 5.32 Å². The predicted molar refractivity (Wildman–Crippen MR) is 90.7 cm³/mol. The third kappa shape index (κ3) is 2.99. The highest BCUT2D eigenvalue weighted by molar-refractivity contribution is 7.80. The lowest BCUT2D eigenvalue weighted by molar-refractivity contribution is 0.870. The van der Waals surface area contributed by atoms with E-state index >= 15 is 0 Å². The van der Waals surface area contributed by atoms with Gasteiger partial charge in [0.25, 0.3) is 0 Å². The van der Waals surface area contributed by atoms with Gasteiger partial charge in [0.2, 0.25) is 0 Å². The van der Waals surface area contributed by atoms with E-state index in [9.17, 15) is 0 Å². The van der Waals surface area contributed by atoms with Crippen molar-refractivity contribution in [3.05, 3.63) is 44.8 Å². The van der Waals surface area contributed by atoms with Gasteiger partial charge in [-0.25, -0.2) is 4.98 Å². The van der Waals surface area contributed by atoms with Gasteiger partial charge < -0.3 is 11.1 Å². The molecule has 2 aromatic heterocycles. The summed E-state index contributed by atoms with van der Waals surface area (Å²) in [5.41, 5.74) is 8.99. The first kappa shape index (κ1) is 14.9. The number of pyridine rings is 1. The van der Waals surface area contributed by atoms with Crippen LogP contribution in [0, 0.1) is 20.8 Å². The molecule has 3 nitrogen and oxygen atoms in total. The molecule has 0 saturated carbocycles. The van der Waals surface area contributed by atoms with Crippen LogP contribution in [0.5, 0.6) is 0 Å². The molecule has 0 bridgehead atoms. The fraction of sp³-hybridized carbons (Fsp3) is 0.333. The Morgan fingerprint density at radius 1 is 1.40 bits per heavy atom. The second kappa shape index (κ2) is 5.89. The van der Waals surface area contributed by atoms with E-state index < -0.39 is 0 Å². The molecule has 3 N–H and O–H groups in total. The van der Waals surface area contributed by atoms with Gasteiger partial charge in [0, 0.05) is 16.0 Å². The number of thiophene rings is 1. The molecule has 0 aromatic carbocycles. The summed E-state index contributed by atoms with van der Waals surface area (Å²) in [6, 6.07) is 4.31. The van der Waals surface area contributed by atoms with Gasteiger partial charge in [-0.3, -0.25) is 0 Å². The van der Waals surface area contributed by atoms with E-state index in [2.05, 4.69) is 37.1 Å². The number of nitrogens with two attached hydrogens (primary N) is 1. The monoisotopic (exact) mass is 305 g/mol. The summed E-state index contributed by atoms with van der Waals surface area (Å²) in [7, 11) is 0. The maximum absolute atomic E-state index is 5.82. The van der Waals surface area contributed by atoms with Crippen molar-refractivity contribution in [2.24, 2.45) is 5.73 Å². The number of hydrogen-bond donors (Lipinski definition) is 2. The largest absolute Gasteiger partial charge is 0.389 e. The molecule has 2 heterocycles. The van der Waals surface area contributed by atoms with E-state index in [1.54, 1.807) is 6.20 Å². The molecule has 5 heteroatoms. The minimum atomic E-state index is 0.169. The van der Waals surface area contributed by atoms with Gasteiger partial charge in [-0.1, -0.05) is 12.2 Å². The molecule has 106 valence electrons. The van der Waals surface area contributed by atoms with Crippen LogP contribution in [0.15, 0.2) is 18.3 Å². The molecule has 0 amide bonds. The first-order valence-electron chi connectivity index (χ1n) is 6.49. The van der Waals surface area contributed by atoms with E-state index in [-0.39, 0.29) is 6.04 Å². The molecule has 1 atom stereocenters. The number of thiocarbonyl (C=S) groups is 1. The van der Waals surface area contributed by atoms with Gasteiger partial charge in [-0.2, -0.15) is 0 Å². The molecule has 1 unspecified atom stereocenters. The number of nitrogens with one attached hydrogen (secondary N) is 1. The zero-order valence-corrected chi connectivity index (χ0v) is 13.8. The average Bonchev–Trinajstić information content (AvgIpc) is 2.68. The summed E-state index contributed by atoms with van der Waals surface area (Å²) in [6.07, 6.45) is 1.78. The van der Waals surface area contributed by atoms with Crippen molar-refractivity contribution in [3.8, 4) is 0 Å². The Bertz CT molecular complexity index is 647. The SMILES string of the molecule is Cc1cc(C(C)Nc2nccc(C)c2C(N)=S)c(C)s1. The Morgan fingerprint density at radius 3 is 2.65 bits per heavy atom. The van der Waals surface area contributed by atoms with Crippen molar-refractivity contribution in [2.45, 2.75) is 33.7 Å². The molecular weight excluding hydrogens is 286 g/mol. The van der Waals surface area contributed by atoms with Crippen LogP contribution >= 0.6 is 23.6 Å². The molecule has 0 aliphatic carbocycles. The predicted octanol–water partition coefficient (Wildman–Crippen LogP) is 3.88. The van der Waals surface area contributed by atoms with Gasteiger partial charge in [0.1, 0.15) is 10.8 Å². The second-order valence-electron chi connectivity index (χ2n) is 4.95. The zero-order valence-electron chi connectivity index (χ0n) is 12.2. The van der Waals surface area contributed by atoms with Crippen molar-refractivity contribution in [3.63, 3.8) is 0 Å². The third-order valence-corrected chi connectivity index (χ3v) is 4.49. The zero-order chi connectivity index (χ0) is 14.9. The lowest BCUT2D eigenvalue weighted by atomic mass is 10.1. The van der Waals surface area contributed by atoms with Crippen LogP contribution in [0.25, 0.3) is 0 Å². The van der Waals surface area contributed by atoms with E-state index in [4.69, 9.17) is 18.0 Å². The molecule has 0 spiro atoms. The van der Waals surface area contributed by atoms with Gasteiger partial charge in [-0.15, -0.1) is 11.3 Å². The summed E-state index contributed by atoms with van der Waals surface area (Å²) >= 11 is 6.95. The standard InChI is InChI=1S/C15H19N3S2/c1-8-5-6-17-15(13(8)14(16)19)18-10(3)12-7-9(2)20-11(12)4/h5-7,10H,1-4H3,(H2,16,19)(H,17,18). The fourth-order valence-corrected chi connectivity index (χ4v) is 3.62. The molecule has 0 radical (unpaired) electrons. The van der Waals surface area contributed by atoms with Gasteiger partial charge in [-0.05, 0) is 51.0 Å². The number of rotatable bonds is 4. The number of anilines is 1. The Labute approximate surface area is 129 Å². The molecule has 0 aliphatic heterocycles. The van der Waals surface area contributed by atoms with Crippen LogP contribution in [0.3, 0.4) is 0 Å². The van der Waals surface area contributed by atoms with Crippen LogP contribution < -0.4 is 11.1 Å². The smallest absolute Gasteiger partial charge is 0.136 e. The number of hydrogen-bond acceptors (Lipinski definition) is 4. The van der Waals surface area contributed by atoms with Crippen molar-refractivity contribution < 1.29 is 0 Å². The summed E-state index contributed by atoms with van der Waals surface area (Å²) in [5.74, 6) is 0.758. The summed E-state index contributed by atoms with van der Waals surface area (Å²) in [6.45, 7) is 8.39. The Hall–Kier alpha value is -1.46. The lowest BCUT2D eigenvalue weighted by Gasteiger charge is -2.18. The summed E-state index contributed by atoms with van der Waals surface area (Å²) in [5, 5.41) is 3.43. The Balaban J connectivity index is 2.33. The van der Waals surface area contributed by atoms with Crippen LogP contribution in [0.1, 0.15) is 39.4 Å². The normalized spacial score (nSPS) is 12.2. The molecular formula is C15H19N3S2. The van der Waals surface area contributed by atoms with Crippen LogP contribution in [-0.4, -0.2) is 9.97 Å². The quantitative estimate of drug-likeness (QED) is 0.842. The average molecular weight is 305 g/mol. The summed E-state index contributed by atoms with van der Waals surface area (Å²) in [4.78, 5) is 7.41.